The van der Waals surface area contributed by atoms with Crippen LogP contribution in [0.3, 0.4) is 0 Å². The van der Waals surface area contributed by atoms with E-state index in [1.807, 2.05) is 36.4 Å². The Morgan fingerprint density at radius 1 is 1.15 bits per heavy atom. The molecule has 0 unspecified atom stereocenters. The largest absolute Gasteiger partial charge is 0.478 e. The van der Waals surface area contributed by atoms with Crippen LogP contribution in [-0.4, -0.2) is 25.6 Å². The van der Waals surface area contributed by atoms with Gasteiger partial charge < -0.3 is 5.11 Å². The predicted octanol–water partition coefficient (Wildman–Crippen LogP) is 3.27. The van der Waals surface area contributed by atoms with Gasteiger partial charge in [-0.25, -0.2) is 9.78 Å². The molecule has 0 aliphatic carbocycles. The molecule has 0 radical (unpaired) electrons. The average molecular weight is 363 g/mol. The first-order valence-corrected chi connectivity index (χ1v) is 8.73. The molecule has 6 nitrogen and oxygen atoms in total. The van der Waals surface area contributed by atoms with Crippen molar-refractivity contribution < 1.29 is 9.90 Å². The van der Waals surface area contributed by atoms with Crippen molar-refractivity contribution in [3.8, 4) is 11.4 Å². The maximum absolute atomic E-state index is 13.2. The van der Waals surface area contributed by atoms with Crippen LogP contribution < -0.4 is 5.56 Å². The van der Waals surface area contributed by atoms with E-state index in [1.165, 1.54) is 9.95 Å². The maximum atomic E-state index is 13.2. The molecule has 7 heteroatoms. The smallest absolute Gasteiger partial charge is 0.337 e. The molecule has 0 bridgehead atoms. The Balaban J connectivity index is 2.01. The van der Waals surface area contributed by atoms with Crippen LogP contribution in [-0.2, 0) is 6.54 Å². The molecular formula is C19H13N3O3S. The van der Waals surface area contributed by atoms with Gasteiger partial charge in [-0.2, -0.15) is 0 Å². The van der Waals surface area contributed by atoms with Gasteiger partial charge in [-0.05, 0) is 17.7 Å². The minimum atomic E-state index is -1.13. The number of pyridine rings is 1. The minimum absolute atomic E-state index is 0.0120. The molecule has 0 aliphatic heterocycles. The summed E-state index contributed by atoms with van der Waals surface area (Å²) in [6.45, 7) is 0.293. The lowest BCUT2D eigenvalue weighted by Gasteiger charge is -2.12. The monoisotopic (exact) mass is 363 g/mol. The number of hydrogen-bond acceptors (Lipinski definition) is 5. The van der Waals surface area contributed by atoms with Crippen molar-refractivity contribution in [3.05, 3.63) is 81.7 Å². The van der Waals surface area contributed by atoms with Crippen molar-refractivity contribution in [3.63, 3.8) is 0 Å². The number of hydrogen-bond donors (Lipinski definition) is 1. The summed E-state index contributed by atoms with van der Waals surface area (Å²) in [5, 5.41) is 11.0. The molecule has 0 saturated carbocycles. The zero-order chi connectivity index (χ0) is 18.1. The molecule has 26 heavy (non-hydrogen) atoms. The highest BCUT2D eigenvalue weighted by Crippen LogP contribution is 2.25. The van der Waals surface area contributed by atoms with Crippen LogP contribution in [0.25, 0.3) is 21.6 Å². The number of thiophene rings is 1. The standard InChI is InChI=1S/C19H13N3O3S/c23-18-15-14(19(24)25)11-26-17(15)21-16(13-7-4-8-20-9-13)22(18)10-12-5-2-1-3-6-12/h1-9,11H,10H2,(H,24,25). The highest BCUT2D eigenvalue weighted by molar-refractivity contribution is 7.17. The minimum Gasteiger partial charge on any atom is -0.478 e. The lowest BCUT2D eigenvalue weighted by atomic mass is 10.2. The third-order valence-electron chi connectivity index (χ3n) is 4.03. The molecule has 3 aromatic heterocycles. The number of rotatable bonds is 4. The molecular weight excluding hydrogens is 350 g/mol. The number of nitrogens with zero attached hydrogens (tertiary/aromatic N) is 3. The van der Waals surface area contributed by atoms with Gasteiger partial charge in [-0.3, -0.25) is 14.3 Å². The topological polar surface area (TPSA) is 85.1 Å². The molecule has 0 atom stereocenters. The number of carbonyl (C=O) groups is 1. The van der Waals surface area contributed by atoms with E-state index >= 15 is 0 Å². The lowest BCUT2D eigenvalue weighted by Crippen LogP contribution is -2.24. The number of carboxylic acids is 1. The van der Waals surface area contributed by atoms with Crippen LogP contribution in [0.15, 0.2) is 65.0 Å². The van der Waals surface area contributed by atoms with E-state index in [2.05, 4.69) is 9.97 Å². The highest BCUT2D eigenvalue weighted by atomic mass is 32.1. The summed E-state index contributed by atoms with van der Waals surface area (Å²) in [5.41, 5.74) is 1.25. The number of fused-ring (bicyclic) bond motifs is 1. The Bertz CT molecular complexity index is 1150. The fourth-order valence-electron chi connectivity index (χ4n) is 2.81. The van der Waals surface area contributed by atoms with E-state index in [0.717, 1.165) is 16.9 Å². The predicted molar refractivity (Wildman–Crippen MR) is 99.6 cm³/mol. The second kappa shape index (κ2) is 6.53. The zero-order valence-corrected chi connectivity index (χ0v) is 14.3. The van der Waals surface area contributed by atoms with Crippen molar-refractivity contribution in [1.29, 1.82) is 0 Å². The molecule has 0 aliphatic rings. The van der Waals surface area contributed by atoms with Crippen molar-refractivity contribution >= 4 is 27.5 Å². The SMILES string of the molecule is O=C(O)c1csc2nc(-c3cccnc3)n(Cc3ccccc3)c(=O)c12. The second-order valence-corrected chi connectivity index (χ2v) is 6.55. The van der Waals surface area contributed by atoms with E-state index in [0.29, 0.717) is 22.8 Å². The van der Waals surface area contributed by atoms with Gasteiger partial charge in [0.2, 0.25) is 0 Å². The second-order valence-electron chi connectivity index (χ2n) is 5.69. The van der Waals surface area contributed by atoms with Crippen LogP contribution in [0, 0.1) is 0 Å². The van der Waals surface area contributed by atoms with Crippen LogP contribution in [0.4, 0.5) is 0 Å². The molecule has 4 aromatic rings. The molecule has 0 amide bonds. The van der Waals surface area contributed by atoms with E-state index in [-0.39, 0.29) is 16.5 Å². The Kier molecular flexibility index (Phi) is 4.06. The van der Waals surface area contributed by atoms with Crippen LogP contribution in [0.1, 0.15) is 15.9 Å². The van der Waals surface area contributed by atoms with Crippen LogP contribution in [0.5, 0.6) is 0 Å². The van der Waals surface area contributed by atoms with E-state index in [1.54, 1.807) is 18.5 Å². The van der Waals surface area contributed by atoms with E-state index < -0.39 is 5.97 Å². The molecule has 3 heterocycles. The van der Waals surface area contributed by atoms with Crippen LogP contribution in [0.2, 0.25) is 0 Å². The first-order valence-electron chi connectivity index (χ1n) is 7.85. The Labute approximate surface area is 152 Å². The van der Waals surface area contributed by atoms with Gasteiger partial charge in [0.05, 0.1) is 17.5 Å². The highest BCUT2D eigenvalue weighted by Gasteiger charge is 2.20. The number of benzene rings is 1. The molecule has 4 rings (SSSR count). The molecule has 0 fully saturated rings. The summed E-state index contributed by atoms with van der Waals surface area (Å²) >= 11 is 1.15. The molecule has 1 N–H and O–H groups in total. The molecule has 0 saturated heterocycles. The fraction of sp³-hybridized carbons (Fsp3) is 0.0526. The summed E-state index contributed by atoms with van der Waals surface area (Å²) in [6, 6.07) is 13.1. The Hall–Kier alpha value is -3.32. The third kappa shape index (κ3) is 2.78. The van der Waals surface area contributed by atoms with Crippen molar-refractivity contribution in [2.24, 2.45) is 0 Å². The van der Waals surface area contributed by atoms with Crippen molar-refractivity contribution in [2.75, 3.05) is 0 Å². The average Bonchev–Trinajstić information content (AvgIpc) is 3.10. The van der Waals surface area contributed by atoms with E-state index in [9.17, 15) is 14.7 Å². The number of aromatic nitrogens is 3. The zero-order valence-electron chi connectivity index (χ0n) is 13.5. The fourth-order valence-corrected chi connectivity index (χ4v) is 3.71. The van der Waals surface area contributed by atoms with Gasteiger partial charge >= 0.3 is 5.97 Å². The Morgan fingerprint density at radius 3 is 2.65 bits per heavy atom. The van der Waals surface area contributed by atoms with Gasteiger partial charge in [-0.1, -0.05) is 30.3 Å². The van der Waals surface area contributed by atoms with Gasteiger partial charge in [0.15, 0.2) is 0 Å². The Morgan fingerprint density at radius 2 is 1.96 bits per heavy atom. The number of carboxylic acid groups (broad SMARTS) is 1. The summed E-state index contributed by atoms with van der Waals surface area (Å²) in [4.78, 5) is 33.7. The van der Waals surface area contributed by atoms with E-state index in [4.69, 9.17) is 0 Å². The normalized spacial score (nSPS) is 10.9. The van der Waals surface area contributed by atoms with Crippen molar-refractivity contribution in [2.45, 2.75) is 6.54 Å². The number of aromatic carboxylic acids is 1. The van der Waals surface area contributed by atoms with Gasteiger partial charge in [0.1, 0.15) is 10.7 Å². The third-order valence-corrected chi connectivity index (χ3v) is 4.90. The first kappa shape index (κ1) is 16.2. The first-order chi connectivity index (χ1) is 12.6. The molecule has 0 spiro atoms. The summed E-state index contributed by atoms with van der Waals surface area (Å²) in [7, 11) is 0. The van der Waals surface area contributed by atoms with Gasteiger partial charge in [0, 0.05) is 23.3 Å². The summed E-state index contributed by atoms with van der Waals surface area (Å²) in [6.07, 6.45) is 3.29. The summed E-state index contributed by atoms with van der Waals surface area (Å²) in [5.74, 6) is -0.659. The maximum Gasteiger partial charge on any atom is 0.337 e. The lowest BCUT2D eigenvalue weighted by molar-refractivity contribution is 0.0699. The summed E-state index contributed by atoms with van der Waals surface area (Å²) < 4.78 is 1.51. The molecule has 128 valence electrons. The molecule has 1 aromatic carbocycles. The van der Waals surface area contributed by atoms with Crippen LogP contribution >= 0.6 is 11.3 Å². The van der Waals surface area contributed by atoms with Gasteiger partial charge in [-0.15, -0.1) is 11.3 Å². The van der Waals surface area contributed by atoms with Crippen molar-refractivity contribution in [1.82, 2.24) is 14.5 Å². The quantitative estimate of drug-likeness (QED) is 0.601. The van der Waals surface area contributed by atoms with Gasteiger partial charge in [0.25, 0.3) is 5.56 Å².